The van der Waals surface area contributed by atoms with Crippen molar-refractivity contribution in [2.45, 2.75) is 56.0 Å². The molecule has 1 fully saturated rings. The van der Waals surface area contributed by atoms with E-state index in [2.05, 4.69) is 4.72 Å². The number of sulfonamides is 1. The Bertz CT molecular complexity index is 581. The van der Waals surface area contributed by atoms with Crippen LogP contribution in [0.15, 0.2) is 23.1 Å². The van der Waals surface area contributed by atoms with E-state index in [4.69, 9.17) is 17.3 Å². The van der Waals surface area contributed by atoms with Gasteiger partial charge in [0.25, 0.3) is 0 Å². The maximum Gasteiger partial charge on any atom is 0.242 e. The molecule has 20 heavy (non-hydrogen) atoms. The summed E-state index contributed by atoms with van der Waals surface area (Å²) in [6.45, 7) is 2.30. The standard InChI is InChI=1S/C14H21ClN2O2S/c1-14(7-3-2-4-8-14)17-20(18,19)13-6-5-11(10-16)9-12(13)15/h5-6,9,17H,2-4,7-8,10,16H2,1H3. The number of nitrogens with one attached hydrogen (secondary N) is 1. The topological polar surface area (TPSA) is 72.2 Å². The predicted octanol–water partition coefficient (Wildman–Crippen LogP) is 2.80. The second-order valence-electron chi connectivity index (χ2n) is 5.70. The van der Waals surface area contributed by atoms with Gasteiger partial charge in [0.2, 0.25) is 10.0 Å². The zero-order valence-corrected chi connectivity index (χ0v) is 13.2. The lowest BCUT2D eigenvalue weighted by molar-refractivity contribution is 0.294. The number of nitrogens with two attached hydrogens (primary N) is 1. The number of hydrogen-bond donors (Lipinski definition) is 2. The largest absolute Gasteiger partial charge is 0.326 e. The molecule has 2 rings (SSSR count). The highest BCUT2D eigenvalue weighted by Gasteiger charge is 2.32. The van der Waals surface area contributed by atoms with E-state index in [-0.39, 0.29) is 15.5 Å². The van der Waals surface area contributed by atoms with E-state index in [1.807, 2.05) is 6.92 Å². The maximum absolute atomic E-state index is 12.5. The Hall–Kier alpha value is -0.620. The van der Waals surface area contributed by atoms with Crippen molar-refractivity contribution in [2.24, 2.45) is 5.73 Å². The Kier molecular flexibility index (Phi) is 4.74. The van der Waals surface area contributed by atoms with Crippen LogP contribution in [0.3, 0.4) is 0 Å². The average Bonchev–Trinajstić information content (AvgIpc) is 2.37. The zero-order valence-electron chi connectivity index (χ0n) is 11.7. The summed E-state index contributed by atoms with van der Waals surface area (Å²) in [4.78, 5) is 0.128. The normalized spacial score (nSPS) is 18.9. The summed E-state index contributed by atoms with van der Waals surface area (Å²) < 4.78 is 27.8. The van der Waals surface area contributed by atoms with Crippen molar-refractivity contribution >= 4 is 21.6 Å². The van der Waals surface area contributed by atoms with Crippen molar-refractivity contribution < 1.29 is 8.42 Å². The Morgan fingerprint density at radius 2 is 1.95 bits per heavy atom. The summed E-state index contributed by atoms with van der Waals surface area (Å²) in [6.07, 6.45) is 5.01. The second kappa shape index (κ2) is 6.02. The number of hydrogen-bond acceptors (Lipinski definition) is 3. The Labute approximate surface area is 125 Å². The smallest absolute Gasteiger partial charge is 0.242 e. The van der Waals surface area contributed by atoms with Gasteiger partial charge in [0.1, 0.15) is 4.90 Å². The van der Waals surface area contributed by atoms with Crippen LogP contribution in [-0.2, 0) is 16.6 Å². The zero-order chi connectivity index (χ0) is 14.8. The first kappa shape index (κ1) is 15.8. The number of benzene rings is 1. The van der Waals surface area contributed by atoms with Crippen LogP contribution in [0.1, 0.15) is 44.6 Å². The molecule has 1 aliphatic carbocycles. The fourth-order valence-corrected chi connectivity index (χ4v) is 4.74. The van der Waals surface area contributed by atoms with Gasteiger partial charge in [0, 0.05) is 12.1 Å². The van der Waals surface area contributed by atoms with Crippen molar-refractivity contribution in [1.29, 1.82) is 0 Å². The van der Waals surface area contributed by atoms with Gasteiger partial charge in [-0.1, -0.05) is 36.9 Å². The lowest BCUT2D eigenvalue weighted by Gasteiger charge is -2.34. The molecule has 3 N–H and O–H groups in total. The average molecular weight is 317 g/mol. The van der Waals surface area contributed by atoms with Crippen LogP contribution in [0.4, 0.5) is 0 Å². The van der Waals surface area contributed by atoms with Crippen molar-refractivity contribution in [3.05, 3.63) is 28.8 Å². The maximum atomic E-state index is 12.5. The van der Waals surface area contributed by atoms with Gasteiger partial charge in [-0.15, -0.1) is 0 Å². The summed E-state index contributed by atoms with van der Waals surface area (Å²) in [7, 11) is -3.60. The Balaban J connectivity index is 2.26. The summed E-state index contributed by atoms with van der Waals surface area (Å²) in [6, 6.07) is 4.84. The highest BCUT2D eigenvalue weighted by Crippen LogP contribution is 2.31. The van der Waals surface area contributed by atoms with E-state index in [1.54, 1.807) is 12.1 Å². The molecular weight excluding hydrogens is 296 g/mol. The van der Waals surface area contributed by atoms with Crippen LogP contribution in [0.5, 0.6) is 0 Å². The van der Waals surface area contributed by atoms with Crippen LogP contribution in [0.25, 0.3) is 0 Å². The first-order valence-corrected chi connectivity index (χ1v) is 8.75. The molecule has 0 amide bonds. The van der Waals surface area contributed by atoms with Crippen molar-refractivity contribution in [1.82, 2.24) is 4.72 Å². The van der Waals surface area contributed by atoms with E-state index >= 15 is 0 Å². The molecule has 1 aliphatic rings. The molecule has 1 aromatic carbocycles. The third-order valence-corrected chi connectivity index (χ3v) is 5.98. The molecule has 6 heteroatoms. The molecule has 1 saturated carbocycles. The summed E-state index contributed by atoms with van der Waals surface area (Å²) in [5, 5.41) is 0.222. The summed E-state index contributed by atoms with van der Waals surface area (Å²) >= 11 is 6.08. The Morgan fingerprint density at radius 3 is 2.50 bits per heavy atom. The van der Waals surface area contributed by atoms with Gasteiger partial charge in [0.15, 0.2) is 0 Å². The number of rotatable bonds is 4. The molecular formula is C14H21ClN2O2S. The molecule has 1 aromatic rings. The highest BCUT2D eigenvalue weighted by atomic mass is 35.5. The van der Waals surface area contributed by atoms with Crippen LogP contribution in [0, 0.1) is 0 Å². The molecule has 0 spiro atoms. The minimum atomic E-state index is -3.60. The van der Waals surface area contributed by atoms with Crippen LogP contribution < -0.4 is 10.5 Å². The molecule has 0 radical (unpaired) electrons. The quantitative estimate of drug-likeness (QED) is 0.897. The monoisotopic (exact) mass is 316 g/mol. The molecule has 4 nitrogen and oxygen atoms in total. The van der Waals surface area contributed by atoms with Gasteiger partial charge in [-0.25, -0.2) is 13.1 Å². The minimum Gasteiger partial charge on any atom is -0.326 e. The lowest BCUT2D eigenvalue weighted by atomic mass is 9.84. The lowest BCUT2D eigenvalue weighted by Crippen LogP contribution is -2.47. The molecule has 0 unspecified atom stereocenters. The van der Waals surface area contributed by atoms with E-state index in [0.29, 0.717) is 6.54 Å². The molecule has 0 aliphatic heterocycles. The van der Waals surface area contributed by atoms with Crippen molar-refractivity contribution in [3.8, 4) is 0 Å². The highest BCUT2D eigenvalue weighted by molar-refractivity contribution is 7.89. The van der Waals surface area contributed by atoms with Crippen LogP contribution in [-0.4, -0.2) is 14.0 Å². The van der Waals surface area contributed by atoms with Gasteiger partial charge < -0.3 is 5.73 Å². The molecule has 0 atom stereocenters. The van der Waals surface area contributed by atoms with Gasteiger partial charge in [-0.3, -0.25) is 0 Å². The Morgan fingerprint density at radius 1 is 1.30 bits per heavy atom. The third kappa shape index (κ3) is 3.52. The van der Waals surface area contributed by atoms with E-state index in [9.17, 15) is 8.42 Å². The molecule has 0 heterocycles. The molecule has 112 valence electrons. The third-order valence-electron chi connectivity index (χ3n) is 3.86. The van der Waals surface area contributed by atoms with Crippen molar-refractivity contribution in [3.63, 3.8) is 0 Å². The first-order valence-electron chi connectivity index (χ1n) is 6.89. The fraction of sp³-hybridized carbons (Fsp3) is 0.571. The predicted molar refractivity (Wildman–Crippen MR) is 81.2 cm³/mol. The number of halogens is 1. The van der Waals surface area contributed by atoms with Crippen molar-refractivity contribution in [2.75, 3.05) is 0 Å². The molecule has 0 aromatic heterocycles. The van der Waals surface area contributed by atoms with E-state index in [0.717, 1.165) is 31.2 Å². The van der Waals surface area contributed by atoms with Crippen LogP contribution in [0.2, 0.25) is 5.02 Å². The SMILES string of the molecule is CC1(NS(=O)(=O)c2ccc(CN)cc2Cl)CCCCC1. The fourth-order valence-electron chi connectivity index (χ4n) is 2.70. The van der Waals surface area contributed by atoms with E-state index in [1.165, 1.54) is 12.5 Å². The van der Waals surface area contributed by atoms with Gasteiger partial charge in [-0.05, 0) is 37.5 Å². The molecule has 0 bridgehead atoms. The first-order chi connectivity index (χ1) is 9.36. The minimum absolute atomic E-state index is 0.128. The van der Waals surface area contributed by atoms with Gasteiger partial charge in [0.05, 0.1) is 5.02 Å². The van der Waals surface area contributed by atoms with E-state index < -0.39 is 10.0 Å². The van der Waals surface area contributed by atoms with Gasteiger partial charge in [-0.2, -0.15) is 0 Å². The summed E-state index contributed by atoms with van der Waals surface area (Å²) in [5.74, 6) is 0. The van der Waals surface area contributed by atoms with Gasteiger partial charge >= 0.3 is 0 Å². The summed E-state index contributed by atoms with van der Waals surface area (Å²) in [5.41, 5.74) is 5.97. The second-order valence-corrected chi connectivity index (χ2v) is 7.75. The molecule has 0 saturated heterocycles. The van der Waals surface area contributed by atoms with Crippen LogP contribution >= 0.6 is 11.6 Å².